The van der Waals surface area contributed by atoms with Crippen molar-refractivity contribution in [2.75, 3.05) is 48.8 Å². The van der Waals surface area contributed by atoms with E-state index in [0.29, 0.717) is 22.7 Å². The predicted molar refractivity (Wildman–Crippen MR) is 136 cm³/mol. The topological polar surface area (TPSA) is 73.9 Å². The van der Waals surface area contributed by atoms with Crippen LogP contribution in [0.4, 0.5) is 17.1 Å². The number of amides is 2. The maximum absolute atomic E-state index is 12.8. The van der Waals surface area contributed by atoms with Crippen molar-refractivity contribution >= 4 is 28.9 Å². The molecule has 0 unspecified atom stereocenters. The van der Waals surface area contributed by atoms with E-state index < -0.39 is 0 Å². The zero-order valence-corrected chi connectivity index (χ0v) is 19.5. The van der Waals surface area contributed by atoms with Gasteiger partial charge >= 0.3 is 0 Å². The Morgan fingerprint density at radius 1 is 0.824 bits per heavy atom. The second kappa shape index (κ2) is 10.9. The van der Waals surface area contributed by atoms with Crippen molar-refractivity contribution < 1.29 is 14.3 Å². The molecule has 0 aliphatic carbocycles. The van der Waals surface area contributed by atoms with E-state index >= 15 is 0 Å². The Labute approximate surface area is 200 Å². The van der Waals surface area contributed by atoms with Crippen molar-refractivity contribution in [2.45, 2.75) is 13.0 Å². The fourth-order valence-corrected chi connectivity index (χ4v) is 4.07. The fourth-order valence-electron chi connectivity index (χ4n) is 4.07. The average Bonchev–Trinajstić information content (AvgIpc) is 2.89. The van der Waals surface area contributed by atoms with Crippen LogP contribution in [0.1, 0.15) is 17.3 Å². The van der Waals surface area contributed by atoms with E-state index in [-0.39, 0.29) is 17.9 Å². The lowest BCUT2D eigenvalue weighted by Gasteiger charge is -2.38. The third-order valence-corrected chi connectivity index (χ3v) is 6.13. The number of benzene rings is 3. The summed E-state index contributed by atoms with van der Waals surface area (Å²) < 4.78 is 5.28. The fraction of sp³-hybridized carbons (Fsp3) is 0.259. The molecule has 3 aromatic carbocycles. The van der Waals surface area contributed by atoms with Crippen molar-refractivity contribution in [3.8, 4) is 5.75 Å². The molecule has 7 nitrogen and oxygen atoms in total. The summed E-state index contributed by atoms with van der Waals surface area (Å²) in [7, 11) is 1.56. The zero-order chi connectivity index (χ0) is 23.9. The average molecular weight is 459 g/mol. The molecule has 7 heteroatoms. The number of ether oxygens (including phenoxy) is 1. The maximum Gasteiger partial charge on any atom is 0.255 e. The van der Waals surface area contributed by atoms with E-state index in [1.807, 2.05) is 37.3 Å². The third kappa shape index (κ3) is 5.55. The van der Waals surface area contributed by atoms with Crippen LogP contribution in [0.25, 0.3) is 0 Å². The Kier molecular flexibility index (Phi) is 7.44. The molecule has 34 heavy (non-hydrogen) atoms. The number of hydrogen-bond acceptors (Lipinski definition) is 5. The molecule has 1 fully saturated rings. The summed E-state index contributed by atoms with van der Waals surface area (Å²) in [6.45, 7) is 5.36. The van der Waals surface area contributed by atoms with Crippen molar-refractivity contribution in [2.24, 2.45) is 0 Å². The van der Waals surface area contributed by atoms with E-state index in [1.54, 1.807) is 43.5 Å². The maximum atomic E-state index is 12.8. The summed E-state index contributed by atoms with van der Waals surface area (Å²) in [5.41, 5.74) is 2.98. The SMILES string of the molecule is COc1ccccc1NC(=O)c1ccc(NC(=O)[C@@H](C)N2CCN(c3ccccc3)CC2)cc1. The lowest BCUT2D eigenvalue weighted by Crippen LogP contribution is -2.52. The molecule has 1 atom stereocenters. The Hall–Kier alpha value is -3.84. The van der Waals surface area contributed by atoms with Crippen LogP contribution in [0, 0.1) is 0 Å². The number of anilines is 3. The van der Waals surface area contributed by atoms with Gasteiger partial charge in [0.25, 0.3) is 5.91 Å². The molecule has 1 aliphatic rings. The highest BCUT2D eigenvalue weighted by atomic mass is 16.5. The second-order valence-electron chi connectivity index (χ2n) is 8.26. The second-order valence-corrected chi connectivity index (χ2v) is 8.26. The lowest BCUT2D eigenvalue weighted by molar-refractivity contribution is -0.120. The molecule has 0 bridgehead atoms. The molecule has 0 saturated carbocycles. The van der Waals surface area contributed by atoms with Gasteiger partial charge in [0.2, 0.25) is 5.91 Å². The Morgan fingerprint density at radius 2 is 1.47 bits per heavy atom. The van der Waals surface area contributed by atoms with Gasteiger partial charge in [-0.3, -0.25) is 14.5 Å². The van der Waals surface area contributed by atoms with Crippen molar-refractivity contribution in [1.29, 1.82) is 0 Å². The van der Waals surface area contributed by atoms with Crippen LogP contribution in [-0.2, 0) is 4.79 Å². The molecule has 1 heterocycles. The third-order valence-electron chi connectivity index (χ3n) is 6.13. The number of rotatable bonds is 7. The normalized spacial score (nSPS) is 14.8. The number of carbonyl (C=O) groups excluding carboxylic acids is 2. The molecule has 0 spiro atoms. The largest absolute Gasteiger partial charge is 0.495 e. The minimum absolute atomic E-state index is 0.0561. The summed E-state index contributed by atoms with van der Waals surface area (Å²) in [5.74, 6) is 0.296. The lowest BCUT2D eigenvalue weighted by atomic mass is 10.1. The smallest absolute Gasteiger partial charge is 0.255 e. The number of para-hydroxylation sites is 3. The van der Waals surface area contributed by atoms with Gasteiger partial charge < -0.3 is 20.3 Å². The first-order valence-electron chi connectivity index (χ1n) is 11.4. The summed E-state index contributed by atoms with van der Waals surface area (Å²) in [5, 5.41) is 5.82. The minimum Gasteiger partial charge on any atom is -0.495 e. The van der Waals surface area contributed by atoms with E-state index in [2.05, 4.69) is 32.6 Å². The number of methoxy groups -OCH3 is 1. The summed E-state index contributed by atoms with van der Waals surface area (Å²) in [6, 6.07) is 24.2. The quantitative estimate of drug-likeness (QED) is 0.558. The van der Waals surface area contributed by atoms with Crippen molar-refractivity contribution in [3.05, 3.63) is 84.4 Å². The molecule has 0 aromatic heterocycles. The highest BCUT2D eigenvalue weighted by molar-refractivity contribution is 6.05. The Morgan fingerprint density at radius 3 is 2.15 bits per heavy atom. The van der Waals surface area contributed by atoms with Crippen LogP contribution < -0.4 is 20.3 Å². The van der Waals surface area contributed by atoms with Crippen LogP contribution in [0.5, 0.6) is 5.75 Å². The van der Waals surface area contributed by atoms with Crippen molar-refractivity contribution in [3.63, 3.8) is 0 Å². The van der Waals surface area contributed by atoms with Crippen LogP contribution in [0.15, 0.2) is 78.9 Å². The van der Waals surface area contributed by atoms with Crippen molar-refractivity contribution in [1.82, 2.24) is 4.90 Å². The van der Waals surface area contributed by atoms with Crippen LogP contribution in [-0.4, -0.2) is 56.0 Å². The standard InChI is InChI=1S/C27H30N4O3/c1-20(30-16-18-31(19-17-30)23-8-4-3-5-9-23)26(32)28-22-14-12-21(13-15-22)27(33)29-24-10-6-7-11-25(24)34-2/h3-15,20H,16-19H2,1-2H3,(H,28,32)(H,29,33)/t20-/m1/s1. The molecule has 2 amide bonds. The summed E-state index contributed by atoms with van der Waals surface area (Å²) in [4.78, 5) is 30.0. The Bertz CT molecular complexity index is 1110. The molecular weight excluding hydrogens is 428 g/mol. The molecular formula is C27H30N4O3. The van der Waals surface area contributed by atoms with Gasteiger partial charge in [0, 0.05) is 43.1 Å². The van der Waals surface area contributed by atoms with E-state index in [0.717, 1.165) is 26.2 Å². The molecule has 176 valence electrons. The molecule has 4 rings (SSSR count). The summed E-state index contributed by atoms with van der Waals surface area (Å²) in [6.07, 6.45) is 0. The van der Waals surface area contributed by atoms with Gasteiger partial charge in [-0.1, -0.05) is 30.3 Å². The molecule has 2 N–H and O–H groups in total. The first kappa shape index (κ1) is 23.3. The van der Waals surface area contributed by atoms with Crippen LogP contribution >= 0.6 is 0 Å². The Balaban J connectivity index is 1.30. The van der Waals surface area contributed by atoms with Gasteiger partial charge in [0.15, 0.2) is 0 Å². The first-order valence-corrected chi connectivity index (χ1v) is 11.4. The van der Waals surface area contributed by atoms with E-state index in [1.165, 1.54) is 5.69 Å². The number of piperazine rings is 1. The highest BCUT2D eigenvalue weighted by Crippen LogP contribution is 2.24. The van der Waals surface area contributed by atoms with Gasteiger partial charge in [-0.05, 0) is 55.5 Å². The number of nitrogens with one attached hydrogen (secondary N) is 2. The van der Waals surface area contributed by atoms with Crippen LogP contribution in [0.3, 0.4) is 0 Å². The van der Waals surface area contributed by atoms with E-state index in [9.17, 15) is 9.59 Å². The molecule has 1 aliphatic heterocycles. The number of carbonyl (C=O) groups is 2. The molecule has 1 saturated heterocycles. The first-order chi connectivity index (χ1) is 16.5. The van der Waals surface area contributed by atoms with Gasteiger partial charge in [-0.15, -0.1) is 0 Å². The van der Waals surface area contributed by atoms with Gasteiger partial charge in [-0.2, -0.15) is 0 Å². The number of nitrogens with zero attached hydrogens (tertiary/aromatic N) is 2. The summed E-state index contributed by atoms with van der Waals surface area (Å²) >= 11 is 0. The predicted octanol–water partition coefficient (Wildman–Crippen LogP) is 4.10. The number of hydrogen-bond donors (Lipinski definition) is 2. The monoisotopic (exact) mass is 458 g/mol. The molecule has 0 radical (unpaired) electrons. The van der Waals surface area contributed by atoms with Crippen LogP contribution in [0.2, 0.25) is 0 Å². The van der Waals surface area contributed by atoms with Gasteiger partial charge in [-0.25, -0.2) is 0 Å². The highest BCUT2D eigenvalue weighted by Gasteiger charge is 2.25. The minimum atomic E-state index is -0.244. The van der Waals surface area contributed by atoms with Gasteiger partial charge in [0.05, 0.1) is 18.8 Å². The molecule has 3 aromatic rings. The van der Waals surface area contributed by atoms with Gasteiger partial charge in [0.1, 0.15) is 5.75 Å². The zero-order valence-electron chi connectivity index (χ0n) is 19.5. The van der Waals surface area contributed by atoms with E-state index in [4.69, 9.17) is 4.74 Å².